The molecule has 0 amide bonds. The Labute approximate surface area is 108 Å². The van der Waals surface area contributed by atoms with Crippen molar-refractivity contribution in [2.24, 2.45) is 0 Å². The minimum Gasteiger partial charge on any atom is 0 e. The molecule has 10 heteroatoms. The van der Waals surface area contributed by atoms with E-state index in [1.165, 1.54) is 0 Å². The van der Waals surface area contributed by atoms with Crippen molar-refractivity contribution in [2.75, 3.05) is 0 Å². The molecule has 0 atom stereocenters. The second-order valence-electron chi connectivity index (χ2n) is 1.22. The van der Waals surface area contributed by atoms with Crippen LogP contribution in [-0.2, 0) is 38.7 Å². The molecule has 0 spiro atoms. The molecule has 0 saturated carbocycles. The molecule has 0 unspecified atom stereocenters. The summed E-state index contributed by atoms with van der Waals surface area (Å²) in [5, 5.41) is 29.6. The van der Waals surface area contributed by atoms with E-state index in [0.717, 1.165) is 0 Å². The summed E-state index contributed by atoms with van der Waals surface area (Å²) in [5.74, 6) is -7.30. The summed E-state index contributed by atoms with van der Waals surface area (Å²) in [6.07, 6.45) is 0. The van der Waals surface area contributed by atoms with Gasteiger partial charge in [-0.3, -0.25) is 0 Å². The summed E-state index contributed by atoms with van der Waals surface area (Å²) in [7, 11) is 0. The summed E-state index contributed by atoms with van der Waals surface area (Å²) >= 11 is 0. The molecule has 0 aromatic carbocycles. The van der Waals surface area contributed by atoms with E-state index >= 15 is 0 Å². The number of hydrogen-bond acceptors (Lipinski definition) is 4. The number of carboxylic acid groups (broad SMARTS) is 4. The molecule has 0 aromatic heterocycles. The molecule has 0 fully saturated rings. The molecule has 0 aliphatic rings. The van der Waals surface area contributed by atoms with Gasteiger partial charge in [0.1, 0.15) is 0 Å². The Morgan fingerprint density at radius 1 is 0.571 bits per heavy atom. The Balaban J connectivity index is -0.0000000625. The number of carbonyl (C=O) groups is 4. The quantitative estimate of drug-likeness (QED) is 0.265. The van der Waals surface area contributed by atoms with Gasteiger partial charge in [0, 0.05) is 19.5 Å². The van der Waals surface area contributed by atoms with E-state index in [0.29, 0.717) is 0 Å². The van der Waals surface area contributed by atoms with Gasteiger partial charge in [-0.05, 0) is 0 Å². The van der Waals surface area contributed by atoms with Crippen LogP contribution >= 0.6 is 0 Å². The van der Waals surface area contributed by atoms with Gasteiger partial charge in [0.2, 0.25) is 0 Å². The van der Waals surface area contributed by atoms with Gasteiger partial charge in [-0.25, -0.2) is 19.2 Å². The molecular formula is C4H7InO8Zn. The van der Waals surface area contributed by atoms with E-state index in [4.69, 9.17) is 39.6 Å². The Kier molecular flexibility index (Phi) is 20.6. The van der Waals surface area contributed by atoms with Gasteiger partial charge in [0.25, 0.3) is 0 Å². The van der Waals surface area contributed by atoms with E-state index in [1.54, 1.807) is 0 Å². The minimum absolute atomic E-state index is 0. The number of rotatable bonds is 0. The molecule has 0 radical (unpaired) electrons. The molecule has 14 heavy (non-hydrogen) atoms. The van der Waals surface area contributed by atoms with E-state index in [-0.39, 0.29) is 45.3 Å². The fraction of sp³-hybridized carbons (Fsp3) is 0. The standard InChI is InChI=1S/2C2H2O4.In.Zn.3H/c2*3-1(4)2(5)6;;;;;/h2*(H,3,4)(H,5,6);;;;;. The first kappa shape index (κ1) is 23.3. The molecule has 76 valence electrons. The van der Waals surface area contributed by atoms with Crippen LogP contribution in [0.5, 0.6) is 0 Å². The molecule has 0 aliphatic heterocycles. The van der Waals surface area contributed by atoms with Gasteiger partial charge < -0.3 is 20.4 Å². The van der Waals surface area contributed by atoms with Crippen LogP contribution in [0.25, 0.3) is 0 Å². The molecule has 8 nitrogen and oxygen atoms in total. The van der Waals surface area contributed by atoms with Crippen LogP contribution in [0.15, 0.2) is 0 Å². The van der Waals surface area contributed by atoms with Gasteiger partial charge in [-0.1, -0.05) is 0 Å². The van der Waals surface area contributed by atoms with Crippen molar-refractivity contribution in [2.45, 2.75) is 0 Å². The Bertz CT molecular complexity index is 177. The largest absolute Gasteiger partial charge is 0 e. The second-order valence-corrected chi connectivity index (χ2v) is 1.22. The number of hydrogen-bond donors (Lipinski definition) is 4. The van der Waals surface area contributed by atoms with Crippen molar-refractivity contribution in [1.29, 1.82) is 0 Å². The second kappa shape index (κ2) is 12.4. The zero-order chi connectivity index (χ0) is 10.3. The first-order chi connectivity index (χ1) is 5.29. The molecule has 0 bridgehead atoms. The fourth-order valence-corrected chi connectivity index (χ4v) is 0. The van der Waals surface area contributed by atoms with E-state index < -0.39 is 23.9 Å². The van der Waals surface area contributed by atoms with Crippen LogP contribution in [0.4, 0.5) is 0 Å². The molecule has 0 rings (SSSR count). The third kappa shape index (κ3) is 22.5. The Morgan fingerprint density at radius 2 is 0.643 bits per heavy atom. The van der Waals surface area contributed by atoms with Crippen LogP contribution in [-0.4, -0.2) is 70.1 Å². The van der Waals surface area contributed by atoms with Crippen LogP contribution in [0, 0.1) is 0 Å². The van der Waals surface area contributed by atoms with Gasteiger partial charge in [0.05, 0.1) is 0 Å². The van der Waals surface area contributed by atoms with Crippen LogP contribution in [0.1, 0.15) is 0 Å². The molecule has 0 aliphatic carbocycles. The maximum atomic E-state index is 9.10. The van der Waals surface area contributed by atoms with Crippen molar-refractivity contribution in [1.82, 2.24) is 0 Å². The Morgan fingerprint density at radius 3 is 0.643 bits per heavy atom. The van der Waals surface area contributed by atoms with Gasteiger partial charge in [-0.2, -0.15) is 0 Å². The monoisotopic (exact) mass is 362 g/mol. The zero-order valence-corrected chi connectivity index (χ0v) is 9.10. The average Bonchev–Trinajstić information content (AvgIpc) is 1.88. The molecule has 0 heterocycles. The molecule has 4 N–H and O–H groups in total. The smallest absolute Gasteiger partial charge is 0 e. The van der Waals surface area contributed by atoms with Crippen LogP contribution < -0.4 is 0 Å². The van der Waals surface area contributed by atoms with Crippen molar-refractivity contribution >= 4 is 49.7 Å². The van der Waals surface area contributed by atoms with Crippen molar-refractivity contribution in [3.05, 3.63) is 0 Å². The van der Waals surface area contributed by atoms with Gasteiger partial charge in [0.15, 0.2) is 0 Å². The van der Waals surface area contributed by atoms with E-state index in [9.17, 15) is 0 Å². The predicted molar refractivity (Wildman–Crippen MR) is 40.5 cm³/mol. The third-order valence-corrected chi connectivity index (χ3v) is 0.366. The van der Waals surface area contributed by atoms with Gasteiger partial charge >= 0.3 is 49.7 Å². The predicted octanol–water partition coefficient (Wildman–Crippen LogP) is -2.88. The van der Waals surface area contributed by atoms with E-state index in [1.807, 2.05) is 0 Å². The van der Waals surface area contributed by atoms with Crippen LogP contribution in [0.2, 0.25) is 0 Å². The first-order valence-electron chi connectivity index (χ1n) is 2.21. The van der Waals surface area contributed by atoms with Crippen molar-refractivity contribution in [3.8, 4) is 0 Å². The SMILES string of the molecule is O=C(O)C(=O)O.O=C(O)C(=O)O.[InH3].[Zn]. The summed E-state index contributed by atoms with van der Waals surface area (Å²) < 4.78 is 0. The van der Waals surface area contributed by atoms with Crippen molar-refractivity contribution < 1.29 is 59.1 Å². The molecule has 0 saturated heterocycles. The molecule has 0 aromatic rings. The van der Waals surface area contributed by atoms with Crippen LogP contribution in [0.3, 0.4) is 0 Å². The summed E-state index contributed by atoms with van der Waals surface area (Å²) in [6, 6.07) is 0. The third-order valence-electron chi connectivity index (χ3n) is 0.366. The normalized spacial score (nSPS) is 6.29. The summed E-state index contributed by atoms with van der Waals surface area (Å²) in [4.78, 5) is 36.4. The maximum absolute atomic E-state index is 9.10. The maximum Gasteiger partial charge on any atom is 0 e. The van der Waals surface area contributed by atoms with Gasteiger partial charge in [-0.15, -0.1) is 0 Å². The number of aliphatic carboxylic acids is 4. The molecular weight excluding hydrogens is 356 g/mol. The minimum atomic E-state index is -1.82. The summed E-state index contributed by atoms with van der Waals surface area (Å²) in [6.45, 7) is 0. The Hall–Kier alpha value is -0.626. The first-order valence-corrected chi connectivity index (χ1v) is 2.21. The fourth-order valence-electron chi connectivity index (χ4n) is 0. The van der Waals surface area contributed by atoms with E-state index in [2.05, 4.69) is 0 Å². The number of carboxylic acids is 4. The average molecular weight is 363 g/mol. The topological polar surface area (TPSA) is 149 Å². The van der Waals surface area contributed by atoms with Crippen molar-refractivity contribution in [3.63, 3.8) is 0 Å². The summed E-state index contributed by atoms with van der Waals surface area (Å²) in [5.41, 5.74) is 0. The zero-order valence-electron chi connectivity index (χ0n) is 6.13.